The lowest BCUT2D eigenvalue weighted by atomic mass is 10.1. The fourth-order valence-electron chi connectivity index (χ4n) is 2.14. The van der Waals surface area contributed by atoms with Crippen molar-refractivity contribution in [2.75, 3.05) is 11.1 Å². The Kier molecular flexibility index (Phi) is 5.76. The van der Waals surface area contributed by atoms with Crippen molar-refractivity contribution in [3.63, 3.8) is 0 Å². The van der Waals surface area contributed by atoms with Gasteiger partial charge in [-0.1, -0.05) is 72.1 Å². The van der Waals surface area contributed by atoms with Crippen LogP contribution in [0.4, 0.5) is 5.69 Å². The van der Waals surface area contributed by atoms with Gasteiger partial charge < -0.3 is 5.32 Å². The molecule has 0 radical (unpaired) electrons. The minimum absolute atomic E-state index is 0.0322. The van der Waals surface area contributed by atoms with Crippen LogP contribution in [0.25, 0.3) is 10.8 Å². The molecule has 1 atom stereocenters. The van der Waals surface area contributed by atoms with Crippen molar-refractivity contribution in [2.24, 2.45) is 0 Å². The van der Waals surface area contributed by atoms with Crippen molar-refractivity contribution in [3.05, 3.63) is 42.5 Å². The summed E-state index contributed by atoms with van der Waals surface area (Å²) in [6.45, 7) is 3.97. The van der Waals surface area contributed by atoms with Gasteiger partial charge in [0.05, 0.1) is 5.25 Å². The number of benzene rings is 2. The predicted octanol–water partition coefficient (Wildman–Crippen LogP) is 4.92. The normalized spacial score (nSPS) is 12.2. The Bertz CT molecular complexity index is 850. The molecule has 3 rings (SSSR count). The summed E-state index contributed by atoms with van der Waals surface area (Å²) in [7, 11) is 0. The lowest BCUT2D eigenvalue weighted by molar-refractivity contribution is -0.115. The molecular weight excluding hydrogens is 358 g/mol. The Morgan fingerprint density at radius 1 is 1.17 bits per heavy atom. The highest BCUT2D eigenvalue weighted by atomic mass is 32.2. The van der Waals surface area contributed by atoms with Crippen molar-refractivity contribution in [2.45, 2.75) is 27.8 Å². The number of hydrogen-bond donors (Lipinski definition) is 1. The Balaban J connectivity index is 1.64. The third kappa shape index (κ3) is 4.28. The molecular formula is C17H17N3OS3. The average Bonchev–Trinajstić information content (AvgIpc) is 3.02. The molecule has 0 spiro atoms. The van der Waals surface area contributed by atoms with Crippen LogP contribution in [-0.2, 0) is 4.79 Å². The first-order valence-corrected chi connectivity index (χ1v) is 10.3. The van der Waals surface area contributed by atoms with Crippen molar-refractivity contribution in [3.8, 4) is 0 Å². The van der Waals surface area contributed by atoms with E-state index in [1.165, 1.54) is 23.1 Å². The number of carbonyl (C=O) groups excluding carboxylic acids is 1. The van der Waals surface area contributed by atoms with Crippen LogP contribution in [0.1, 0.15) is 13.8 Å². The smallest absolute Gasteiger partial charge is 0.237 e. The second kappa shape index (κ2) is 8.00. The summed E-state index contributed by atoms with van der Waals surface area (Å²) in [6.07, 6.45) is 0. The average molecular weight is 376 g/mol. The van der Waals surface area contributed by atoms with Crippen molar-refractivity contribution < 1.29 is 4.79 Å². The lowest BCUT2D eigenvalue weighted by Gasteiger charge is -2.11. The van der Waals surface area contributed by atoms with Crippen LogP contribution in [0.5, 0.6) is 0 Å². The van der Waals surface area contributed by atoms with Crippen LogP contribution in [0.2, 0.25) is 0 Å². The number of hydrogen-bond acceptors (Lipinski definition) is 6. The fourth-order valence-corrected chi connectivity index (χ4v) is 5.20. The van der Waals surface area contributed by atoms with Gasteiger partial charge in [-0.05, 0) is 35.6 Å². The highest BCUT2D eigenvalue weighted by Crippen LogP contribution is 2.31. The number of rotatable bonds is 6. The van der Waals surface area contributed by atoms with E-state index < -0.39 is 0 Å². The molecule has 1 amide bonds. The maximum absolute atomic E-state index is 12.4. The Morgan fingerprint density at radius 3 is 2.71 bits per heavy atom. The fraction of sp³-hybridized carbons (Fsp3) is 0.235. The molecule has 3 aromatic rings. The number of nitrogens with one attached hydrogen (secondary N) is 1. The Labute approximate surface area is 153 Å². The van der Waals surface area contributed by atoms with Crippen LogP contribution in [0.15, 0.2) is 51.1 Å². The molecule has 0 bridgehead atoms. The van der Waals surface area contributed by atoms with Crippen LogP contribution in [0, 0.1) is 0 Å². The number of amides is 1. The van der Waals surface area contributed by atoms with E-state index >= 15 is 0 Å². The SMILES string of the molecule is CCSc1nnc(S[C@@H](C)C(=O)Nc2ccc3ccccc3c2)s1. The lowest BCUT2D eigenvalue weighted by Crippen LogP contribution is -2.22. The molecule has 1 aromatic heterocycles. The quantitative estimate of drug-likeness (QED) is 0.620. The van der Waals surface area contributed by atoms with Crippen molar-refractivity contribution >= 4 is 57.2 Å². The van der Waals surface area contributed by atoms with Gasteiger partial charge in [-0.3, -0.25) is 4.79 Å². The van der Waals surface area contributed by atoms with E-state index in [0.717, 1.165) is 30.9 Å². The summed E-state index contributed by atoms with van der Waals surface area (Å²) in [4.78, 5) is 12.4. The van der Waals surface area contributed by atoms with Gasteiger partial charge in [0.15, 0.2) is 8.68 Å². The molecule has 2 aromatic carbocycles. The van der Waals surface area contributed by atoms with E-state index in [1.54, 1.807) is 11.8 Å². The zero-order valence-corrected chi connectivity index (χ0v) is 15.8. The van der Waals surface area contributed by atoms with Gasteiger partial charge in [0.25, 0.3) is 0 Å². The first kappa shape index (κ1) is 17.3. The molecule has 24 heavy (non-hydrogen) atoms. The second-order valence-electron chi connectivity index (χ2n) is 5.08. The van der Waals surface area contributed by atoms with E-state index in [4.69, 9.17) is 0 Å². The maximum Gasteiger partial charge on any atom is 0.237 e. The van der Waals surface area contributed by atoms with Gasteiger partial charge in [-0.2, -0.15) is 0 Å². The number of fused-ring (bicyclic) bond motifs is 1. The summed E-state index contributed by atoms with van der Waals surface area (Å²) in [5.41, 5.74) is 0.811. The standard InChI is InChI=1S/C17H17N3OS3/c1-3-22-16-19-20-17(24-16)23-11(2)15(21)18-14-9-8-12-6-4-5-7-13(12)10-14/h4-11H,3H2,1-2H3,(H,18,21)/t11-/m0/s1. The van der Waals surface area contributed by atoms with E-state index in [2.05, 4.69) is 28.5 Å². The molecule has 0 aliphatic carbocycles. The summed E-state index contributed by atoms with van der Waals surface area (Å²) in [5, 5.41) is 13.3. The number of thioether (sulfide) groups is 2. The Morgan fingerprint density at radius 2 is 1.92 bits per heavy atom. The molecule has 4 nitrogen and oxygen atoms in total. The molecule has 0 aliphatic heterocycles. The van der Waals surface area contributed by atoms with E-state index in [0.29, 0.717) is 0 Å². The number of carbonyl (C=O) groups is 1. The van der Waals surface area contributed by atoms with Crippen molar-refractivity contribution in [1.82, 2.24) is 10.2 Å². The zero-order chi connectivity index (χ0) is 16.9. The van der Waals surface area contributed by atoms with Gasteiger partial charge in [0.2, 0.25) is 5.91 Å². The summed E-state index contributed by atoms with van der Waals surface area (Å²) >= 11 is 4.64. The van der Waals surface area contributed by atoms with Gasteiger partial charge in [-0.15, -0.1) is 10.2 Å². The topological polar surface area (TPSA) is 54.9 Å². The second-order valence-corrected chi connectivity index (χ2v) is 9.15. The minimum Gasteiger partial charge on any atom is -0.325 e. The van der Waals surface area contributed by atoms with E-state index in [9.17, 15) is 4.79 Å². The first-order chi connectivity index (χ1) is 11.7. The van der Waals surface area contributed by atoms with Crippen LogP contribution in [0.3, 0.4) is 0 Å². The highest BCUT2D eigenvalue weighted by Gasteiger charge is 2.17. The van der Waals surface area contributed by atoms with Gasteiger partial charge in [0.1, 0.15) is 0 Å². The highest BCUT2D eigenvalue weighted by molar-refractivity contribution is 8.03. The monoisotopic (exact) mass is 375 g/mol. The zero-order valence-electron chi connectivity index (χ0n) is 13.4. The van der Waals surface area contributed by atoms with Crippen LogP contribution in [-0.4, -0.2) is 27.1 Å². The molecule has 0 saturated carbocycles. The first-order valence-electron chi connectivity index (χ1n) is 7.58. The third-order valence-electron chi connectivity index (χ3n) is 3.32. The van der Waals surface area contributed by atoms with Gasteiger partial charge in [0, 0.05) is 5.69 Å². The Hall–Kier alpha value is -1.57. The van der Waals surface area contributed by atoms with Crippen LogP contribution < -0.4 is 5.32 Å². The predicted molar refractivity (Wildman–Crippen MR) is 104 cm³/mol. The largest absolute Gasteiger partial charge is 0.325 e. The number of anilines is 1. The maximum atomic E-state index is 12.4. The van der Waals surface area contributed by atoms with Crippen molar-refractivity contribution in [1.29, 1.82) is 0 Å². The molecule has 1 N–H and O–H groups in total. The van der Waals surface area contributed by atoms with Gasteiger partial charge >= 0.3 is 0 Å². The molecule has 0 fully saturated rings. The summed E-state index contributed by atoms with van der Waals surface area (Å²) in [6, 6.07) is 14.0. The molecule has 1 heterocycles. The summed E-state index contributed by atoms with van der Waals surface area (Å²) in [5.74, 6) is 0.937. The third-order valence-corrected chi connectivity index (χ3v) is 6.44. The van der Waals surface area contributed by atoms with Crippen LogP contribution >= 0.6 is 34.9 Å². The van der Waals surface area contributed by atoms with Gasteiger partial charge in [-0.25, -0.2) is 0 Å². The number of nitrogens with zero attached hydrogens (tertiary/aromatic N) is 2. The molecule has 124 valence electrons. The number of aromatic nitrogens is 2. The summed E-state index contributed by atoms with van der Waals surface area (Å²) < 4.78 is 1.77. The molecule has 0 aliphatic rings. The molecule has 7 heteroatoms. The molecule has 0 unspecified atom stereocenters. The molecule has 0 saturated heterocycles. The minimum atomic E-state index is -0.233. The van der Waals surface area contributed by atoms with E-state index in [-0.39, 0.29) is 11.2 Å². The van der Waals surface area contributed by atoms with E-state index in [1.807, 2.05) is 43.3 Å².